The van der Waals surface area contributed by atoms with Gasteiger partial charge in [-0.25, -0.2) is 0 Å². The zero-order chi connectivity index (χ0) is 28.9. The zero-order valence-corrected chi connectivity index (χ0v) is 27.0. The topological polar surface area (TPSA) is 52.6 Å². The summed E-state index contributed by atoms with van der Waals surface area (Å²) >= 11 is 0. The Morgan fingerprint density at radius 3 is 2.33 bits per heavy atom. The van der Waals surface area contributed by atoms with Crippen molar-refractivity contribution in [3.05, 3.63) is 12.2 Å². The number of carbonyl (C=O) groups is 1. The number of nitrogens with one attached hydrogen (secondary N) is 1. The lowest BCUT2D eigenvalue weighted by atomic mass is 9.32. The van der Waals surface area contributed by atoms with Crippen LogP contribution in [0.5, 0.6) is 0 Å². The van der Waals surface area contributed by atoms with Crippen molar-refractivity contribution in [1.82, 2.24) is 10.2 Å². The van der Waals surface area contributed by atoms with Crippen LogP contribution in [-0.2, 0) is 4.79 Å². The highest BCUT2D eigenvalue weighted by Gasteiger charge is 2.71. The third kappa shape index (κ3) is 3.79. The van der Waals surface area contributed by atoms with Gasteiger partial charge in [0, 0.05) is 12.6 Å². The highest BCUT2D eigenvalue weighted by molar-refractivity contribution is 5.84. The first-order chi connectivity index (χ1) is 18.7. The molecule has 0 aromatic heterocycles. The summed E-state index contributed by atoms with van der Waals surface area (Å²) in [7, 11) is 2.21. The summed E-state index contributed by atoms with van der Waals surface area (Å²) in [5, 5.41) is 14.6. The van der Waals surface area contributed by atoms with Crippen molar-refractivity contribution in [3.63, 3.8) is 0 Å². The predicted molar refractivity (Wildman–Crippen MR) is 164 cm³/mol. The van der Waals surface area contributed by atoms with Gasteiger partial charge in [0.25, 0.3) is 0 Å². The van der Waals surface area contributed by atoms with Crippen LogP contribution in [0.3, 0.4) is 0 Å². The smallest absolute Gasteiger partial charge is 0.226 e. The van der Waals surface area contributed by atoms with E-state index < -0.39 is 0 Å². The minimum atomic E-state index is -0.216. The van der Waals surface area contributed by atoms with E-state index in [1.807, 2.05) is 0 Å². The molecular weight excluding hydrogens is 492 g/mol. The summed E-state index contributed by atoms with van der Waals surface area (Å²) in [5.74, 6) is 3.16. The molecule has 0 radical (unpaired) electrons. The average molecular weight is 553 g/mol. The SMILES string of the molecule is C=C(C)[C@@H]1CC[C@]2(C(=O)NC[C@@H]3CCCN3C)CC[C@]3(C)[C@H](CC[C@@H]4[C@@]5(C)CC[C@H](O)C(C)(C)[C@@H]5CC[C@]43C)[C@@H]12. The second-order valence-electron chi connectivity index (χ2n) is 17.2. The second kappa shape index (κ2) is 9.57. The third-order valence-corrected chi connectivity index (χ3v) is 15.7. The van der Waals surface area contributed by atoms with Crippen LogP contribution in [-0.4, -0.2) is 48.2 Å². The Morgan fingerprint density at radius 1 is 0.900 bits per heavy atom. The Balaban J connectivity index is 1.32. The first-order valence-electron chi connectivity index (χ1n) is 17.0. The summed E-state index contributed by atoms with van der Waals surface area (Å²) in [4.78, 5) is 16.8. The molecular formula is C36H60N2O2. The van der Waals surface area contributed by atoms with Gasteiger partial charge in [0.05, 0.1) is 11.5 Å². The molecule has 1 saturated heterocycles. The van der Waals surface area contributed by atoms with Crippen LogP contribution < -0.4 is 5.32 Å². The summed E-state index contributed by atoms with van der Waals surface area (Å²) in [6.45, 7) is 21.4. The molecule has 6 rings (SSSR count). The molecule has 5 aliphatic carbocycles. The Labute approximate surface area is 245 Å². The van der Waals surface area contributed by atoms with Crippen molar-refractivity contribution in [2.75, 3.05) is 20.1 Å². The predicted octanol–water partition coefficient (Wildman–Crippen LogP) is 7.22. The summed E-state index contributed by atoms with van der Waals surface area (Å²) in [6.07, 6.45) is 13.9. The van der Waals surface area contributed by atoms with Gasteiger partial charge >= 0.3 is 0 Å². The van der Waals surface area contributed by atoms with E-state index in [0.29, 0.717) is 47.0 Å². The van der Waals surface area contributed by atoms with E-state index in [-0.39, 0.29) is 27.8 Å². The van der Waals surface area contributed by atoms with Crippen molar-refractivity contribution in [2.45, 2.75) is 131 Å². The number of aliphatic hydroxyl groups is 1. The molecule has 5 saturated carbocycles. The molecule has 6 aliphatic rings. The first-order valence-corrected chi connectivity index (χ1v) is 17.0. The highest BCUT2D eigenvalue weighted by Crippen LogP contribution is 2.77. The van der Waals surface area contributed by atoms with Crippen LogP contribution in [0.4, 0.5) is 0 Å². The largest absolute Gasteiger partial charge is 0.393 e. The van der Waals surface area contributed by atoms with Crippen molar-refractivity contribution < 1.29 is 9.90 Å². The lowest BCUT2D eigenvalue weighted by Gasteiger charge is -2.72. The number of hydrogen-bond acceptors (Lipinski definition) is 3. The van der Waals surface area contributed by atoms with Gasteiger partial charge in [-0.3, -0.25) is 4.79 Å². The van der Waals surface area contributed by atoms with E-state index in [1.54, 1.807) is 0 Å². The molecule has 4 heteroatoms. The van der Waals surface area contributed by atoms with Gasteiger partial charge in [-0.05, 0) is 149 Å². The molecule has 226 valence electrons. The fourth-order valence-electron chi connectivity index (χ4n) is 13.1. The fourth-order valence-corrected chi connectivity index (χ4v) is 13.1. The summed E-state index contributed by atoms with van der Waals surface area (Å²) in [6, 6.07) is 0.495. The summed E-state index contributed by atoms with van der Waals surface area (Å²) in [5.41, 5.74) is 1.93. The van der Waals surface area contributed by atoms with Crippen LogP contribution in [0, 0.1) is 56.7 Å². The Hall–Kier alpha value is -0.870. The quantitative estimate of drug-likeness (QED) is 0.362. The molecule has 0 bridgehead atoms. The van der Waals surface area contributed by atoms with E-state index in [1.165, 1.54) is 56.9 Å². The molecule has 6 fully saturated rings. The monoisotopic (exact) mass is 552 g/mol. The van der Waals surface area contributed by atoms with Gasteiger partial charge < -0.3 is 15.3 Å². The van der Waals surface area contributed by atoms with E-state index in [4.69, 9.17) is 0 Å². The van der Waals surface area contributed by atoms with Gasteiger partial charge in [0.15, 0.2) is 0 Å². The maximum Gasteiger partial charge on any atom is 0.226 e. The van der Waals surface area contributed by atoms with Crippen LogP contribution in [0.15, 0.2) is 12.2 Å². The Morgan fingerprint density at radius 2 is 1.65 bits per heavy atom. The maximum absolute atomic E-state index is 14.3. The molecule has 1 heterocycles. The third-order valence-electron chi connectivity index (χ3n) is 15.7. The zero-order valence-electron chi connectivity index (χ0n) is 27.0. The van der Waals surface area contributed by atoms with Crippen LogP contribution >= 0.6 is 0 Å². The normalized spacial score (nSPS) is 51.8. The van der Waals surface area contributed by atoms with Gasteiger partial charge in [-0.2, -0.15) is 0 Å². The van der Waals surface area contributed by atoms with Crippen molar-refractivity contribution in [1.29, 1.82) is 0 Å². The molecule has 0 spiro atoms. The van der Waals surface area contributed by atoms with Gasteiger partial charge in [-0.1, -0.05) is 46.8 Å². The molecule has 1 amide bonds. The van der Waals surface area contributed by atoms with E-state index in [9.17, 15) is 9.90 Å². The molecule has 0 unspecified atom stereocenters. The van der Waals surface area contributed by atoms with Crippen molar-refractivity contribution in [3.8, 4) is 0 Å². The Kier molecular flexibility index (Phi) is 6.99. The number of fused-ring (bicyclic) bond motifs is 7. The van der Waals surface area contributed by atoms with Gasteiger partial charge in [0.2, 0.25) is 5.91 Å². The van der Waals surface area contributed by atoms with Crippen molar-refractivity contribution in [2.24, 2.45) is 56.7 Å². The number of likely N-dealkylation sites (N-methyl/N-ethyl adjacent to an activating group) is 1. The number of allylic oxidation sites excluding steroid dienone is 1. The van der Waals surface area contributed by atoms with E-state index in [2.05, 4.69) is 65.4 Å². The number of carbonyl (C=O) groups excluding carboxylic acids is 1. The molecule has 0 aromatic carbocycles. The lowest BCUT2D eigenvalue weighted by Crippen LogP contribution is -2.67. The second-order valence-corrected chi connectivity index (χ2v) is 17.2. The molecule has 4 nitrogen and oxygen atoms in total. The first kappa shape index (κ1) is 29.2. The van der Waals surface area contributed by atoms with Gasteiger partial charge in [0.1, 0.15) is 0 Å². The lowest BCUT2D eigenvalue weighted by molar-refractivity contribution is -0.246. The summed E-state index contributed by atoms with van der Waals surface area (Å²) < 4.78 is 0. The minimum absolute atomic E-state index is 0.00419. The fraction of sp³-hybridized carbons (Fsp3) is 0.917. The molecule has 11 atom stereocenters. The standard InChI is InChI=1S/C36H60N2O2/c1-23(2)25-13-18-36(31(40)37-22-24-10-9-21-38(24)8)20-19-34(6)26(30(25)36)11-12-28-33(5)16-15-29(39)32(3,4)27(33)14-17-35(28,34)7/h24-30,39H,1,9-22H2,2-8H3,(H,37,40)/t24-,25-,26+,27-,28+,29-,30+,33-,34+,35+,36-/m0/s1. The average Bonchev–Trinajstić information content (AvgIpc) is 3.49. The molecule has 2 N–H and O–H groups in total. The van der Waals surface area contributed by atoms with Crippen LogP contribution in [0.1, 0.15) is 119 Å². The van der Waals surface area contributed by atoms with Crippen molar-refractivity contribution >= 4 is 5.91 Å². The maximum atomic E-state index is 14.3. The minimum Gasteiger partial charge on any atom is -0.393 e. The number of nitrogens with zero attached hydrogens (tertiary/aromatic N) is 1. The molecule has 1 aliphatic heterocycles. The molecule has 40 heavy (non-hydrogen) atoms. The number of hydrogen-bond donors (Lipinski definition) is 2. The number of likely N-dealkylation sites (tertiary alicyclic amines) is 1. The number of amides is 1. The number of aliphatic hydroxyl groups excluding tert-OH is 1. The van der Waals surface area contributed by atoms with Gasteiger partial charge in [-0.15, -0.1) is 0 Å². The molecule has 0 aromatic rings. The van der Waals surface area contributed by atoms with E-state index >= 15 is 0 Å². The van der Waals surface area contributed by atoms with Crippen LogP contribution in [0.25, 0.3) is 0 Å². The Bertz CT molecular complexity index is 1040. The highest BCUT2D eigenvalue weighted by atomic mass is 16.3. The number of rotatable bonds is 4. The van der Waals surface area contributed by atoms with E-state index in [0.717, 1.165) is 38.8 Å². The van der Waals surface area contributed by atoms with Crippen LogP contribution in [0.2, 0.25) is 0 Å².